The van der Waals surface area contributed by atoms with E-state index in [0.29, 0.717) is 12.1 Å². The Labute approximate surface area is 103 Å². The number of methoxy groups -OCH3 is 1. The zero-order chi connectivity index (χ0) is 12.4. The number of aryl methyl sites for hydroxylation is 2. The second kappa shape index (κ2) is 5.08. The molecule has 1 aliphatic rings. The number of hydrogen-bond donors (Lipinski definition) is 1. The van der Waals surface area contributed by atoms with Gasteiger partial charge in [0.2, 0.25) is 0 Å². The number of nitrogens with one attached hydrogen (secondary N) is 1. The molecule has 0 aromatic carbocycles. The maximum absolute atomic E-state index is 5.40. The van der Waals surface area contributed by atoms with Crippen molar-refractivity contribution in [2.45, 2.75) is 51.7 Å². The summed E-state index contributed by atoms with van der Waals surface area (Å²) in [6.45, 7) is 4.18. The highest BCUT2D eigenvalue weighted by atomic mass is 16.5. The van der Waals surface area contributed by atoms with Crippen molar-refractivity contribution in [1.82, 2.24) is 9.78 Å². The molecule has 17 heavy (non-hydrogen) atoms. The molecule has 4 nitrogen and oxygen atoms in total. The van der Waals surface area contributed by atoms with Crippen LogP contribution in [0.4, 0.5) is 5.69 Å². The highest BCUT2D eigenvalue weighted by Gasteiger charge is 2.22. The quantitative estimate of drug-likeness (QED) is 0.877. The molecule has 0 amide bonds. The van der Waals surface area contributed by atoms with Gasteiger partial charge in [-0.05, 0) is 39.5 Å². The normalized spacial score (nSPS) is 24.9. The number of ether oxygens (including phenoxy) is 1. The van der Waals surface area contributed by atoms with Gasteiger partial charge in [0.25, 0.3) is 0 Å². The highest BCUT2D eigenvalue weighted by Crippen LogP contribution is 2.26. The fourth-order valence-corrected chi connectivity index (χ4v) is 2.63. The van der Waals surface area contributed by atoms with Crippen molar-refractivity contribution >= 4 is 5.69 Å². The van der Waals surface area contributed by atoms with Gasteiger partial charge in [-0.25, -0.2) is 0 Å². The molecule has 0 saturated heterocycles. The van der Waals surface area contributed by atoms with Crippen LogP contribution in [-0.4, -0.2) is 29.0 Å². The maximum atomic E-state index is 5.40. The third-order valence-electron chi connectivity index (χ3n) is 3.87. The molecule has 0 radical (unpaired) electrons. The van der Waals surface area contributed by atoms with Gasteiger partial charge in [0.1, 0.15) is 0 Å². The summed E-state index contributed by atoms with van der Waals surface area (Å²) in [5.41, 5.74) is 3.53. The van der Waals surface area contributed by atoms with Crippen molar-refractivity contribution in [3.63, 3.8) is 0 Å². The molecule has 4 heteroatoms. The van der Waals surface area contributed by atoms with Crippen LogP contribution in [-0.2, 0) is 11.8 Å². The summed E-state index contributed by atoms with van der Waals surface area (Å²) in [6, 6.07) is 0.572. The molecule has 1 aromatic heterocycles. The monoisotopic (exact) mass is 237 g/mol. The van der Waals surface area contributed by atoms with Crippen molar-refractivity contribution < 1.29 is 4.74 Å². The van der Waals surface area contributed by atoms with Gasteiger partial charge in [0.05, 0.1) is 23.2 Å². The Kier molecular flexibility index (Phi) is 3.72. The van der Waals surface area contributed by atoms with Crippen molar-refractivity contribution in [1.29, 1.82) is 0 Å². The lowest BCUT2D eigenvalue weighted by molar-refractivity contribution is 0.0682. The first-order valence-electron chi connectivity index (χ1n) is 6.41. The first kappa shape index (κ1) is 12.4. The average Bonchev–Trinajstić information content (AvgIpc) is 2.57. The van der Waals surface area contributed by atoms with Crippen LogP contribution in [0.2, 0.25) is 0 Å². The smallest absolute Gasteiger partial charge is 0.0827 e. The van der Waals surface area contributed by atoms with E-state index in [0.717, 1.165) is 18.5 Å². The minimum Gasteiger partial charge on any atom is -0.381 e. The summed E-state index contributed by atoms with van der Waals surface area (Å²) >= 11 is 0. The molecule has 0 unspecified atom stereocenters. The first-order valence-corrected chi connectivity index (χ1v) is 6.41. The summed E-state index contributed by atoms with van der Waals surface area (Å²) in [7, 11) is 3.81. The SMILES string of the molecule is COC1CCC(Nc2c(C)nn(C)c2C)CC1. The molecule has 0 aliphatic heterocycles. The third-order valence-corrected chi connectivity index (χ3v) is 3.87. The summed E-state index contributed by atoms with van der Waals surface area (Å²) < 4.78 is 7.34. The van der Waals surface area contributed by atoms with Gasteiger partial charge in [0, 0.05) is 20.2 Å². The number of anilines is 1. The van der Waals surface area contributed by atoms with E-state index in [2.05, 4.69) is 24.3 Å². The average molecular weight is 237 g/mol. The van der Waals surface area contributed by atoms with Crippen LogP contribution >= 0.6 is 0 Å². The molecule has 0 atom stereocenters. The predicted octanol–water partition coefficient (Wildman–Crippen LogP) is 2.41. The standard InChI is InChI=1S/C13H23N3O/c1-9-13(10(2)16(3)15-9)14-11-5-7-12(17-4)8-6-11/h11-12,14H,5-8H2,1-4H3. The van der Waals surface area contributed by atoms with Crippen LogP contribution < -0.4 is 5.32 Å². The van der Waals surface area contributed by atoms with E-state index in [1.807, 2.05) is 18.8 Å². The Morgan fingerprint density at radius 1 is 1.24 bits per heavy atom. The molecule has 96 valence electrons. The molecule has 1 N–H and O–H groups in total. The molecule has 0 bridgehead atoms. The lowest BCUT2D eigenvalue weighted by atomic mass is 9.92. The molecule has 1 heterocycles. The summed E-state index contributed by atoms with van der Waals surface area (Å²) in [5, 5.41) is 8.08. The summed E-state index contributed by atoms with van der Waals surface area (Å²) in [4.78, 5) is 0. The van der Waals surface area contributed by atoms with E-state index < -0.39 is 0 Å². The van der Waals surface area contributed by atoms with E-state index in [-0.39, 0.29) is 0 Å². The zero-order valence-corrected chi connectivity index (χ0v) is 11.3. The second-order valence-corrected chi connectivity index (χ2v) is 5.02. The van der Waals surface area contributed by atoms with E-state index in [1.165, 1.54) is 24.2 Å². The van der Waals surface area contributed by atoms with E-state index >= 15 is 0 Å². The van der Waals surface area contributed by atoms with Crippen LogP contribution in [0.15, 0.2) is 0 Å². The van der Waals surface area contributed by atoms with Crippen molar-refractivity contribution in [2.75, 3.05) is 12.4 Å². The molecular formula is C13H23N3O. The molecule has 1 fully saturated rings. The van der Waals surface area contributed by atoms with Crippen LogP contribution in [0.1, 0.15) is 37.1 Å². The highest BCUT2D eigenvalue weighted by molar-refractivity contribution is 5.52. The maximum Gasteiger partial charge on any atom is 0.0827 e. The van der Waals surface area contributed by atoms with Crippen LogP contribution in [0.25, 0.3) is 0 Å². The minimum absolute atomic E-state index is 0.462. The zero-order valence-electron chi connectivity index (χ0n) is 11.3. The Bertz CT molecular complexity index is 378. The third kappa shape index (κ3) is 2.63. The molecule has 1 saturated carbocycles. The van der Waals surface area contributed by atoms with Crippen LogP contribution in [0, 0.1) is 13.8 Å². The fraction of sp³-hybridized carbons (Fsp3) is 0.769. The van der Waals surface area contributed by atoms with E-state index in [9.17, 15) is 0 Å². The summed E-state index contributed by atoms with van der Waals surface area (Å²) in [6.07, 6.45) is 5.15. The van der Waals surface area contributed by atoms with Gasteiger partial charge < -0.3 is 10.1 Å². The largest absolute Gasteiger partial charge is 0.381 e. The van der Waals surface area contributed by atoms with Crippen molar-refractivity contribution in [3.05, 3.63) is 11.4 Å². The Hall–Kier alpha value is -1.03. The Morgan fingerprint density at radius 2 is 1.88 bits per heavy atom. The number of rotatable bonds is 3. The molecule has 1 aliphatic carbocycles. The van der Waals surface area contributed by atoms with Gasteiger partial charge >= 0.3 is 0 Å². The van der Waals surface area contributed by atoms with Gasteiger partial charge in [-0.2, -0.15) is 5.10 Å². The van der Waals surface area contributed by atoms with Crippen LogP contribution in [0.3, 0.4) is 0 Å². The number of nitrogens with zero attached hydrogens (tertiary/aromatic N) is 2. The molecular weight excluding hydrogens is 214 g/mol. The predicted molar refractivity (Wildman–Crippen MR) is 69.4 cm³/mol. The van der Waals surface area contributed by atoms with Gasteiger partial charge in [-0.3, -0.25) is 4.68 Å². The Morgan fingerprint density at radius 3 is 2.35 bits per heavy atom. The lowest BCUT2D eigenvalue weighted by Gasteiger charge is -2.29. The molecule has 2 rings (SSSR count). The van der Waals surface area contributed by atoms with E-state index in [4.69, 9.17) is 4.74 Å². The topological polar surface area (TPSA) is 39.1 Å². The fourth-order valence-electron chi connectivity index (χ4n) is 2.63. The minimum atomic E-state index is 0.462. The molecule has 1 aromatic rings. The number of aromatic nitrogens is 2. The molecule has 0 spiro atoms. The van der Waals surface area contributed by atoms with E-state index in [1.54, 1.807) is 0 Å². The second-order valence-electron chi connectivity index (χ2n) is 5.02. The van der Waals surface area contributed by atoms with Gasteiger partial charge in [-0.15, -0.1) is 0 Å². The van der Waals surface area contributed by atoms with Crippen molar-refractivity contribution in [2.24, 2.45) is 7.05 Å². The first-order chi connectivity index (χ1) is 8.11. The number of hydrogen-bond acceptors (Lipinski definition) is 3. The Balaban J connectivity index is 1.98. The van der Waals surface area contributed by atoms with Gasteiger partial charge in [0.15, 0.2) is 0 Å². The van der Waals surface area contributed by atoms with Crippen LogP contribution in [0.5, 0.6) is 0 Å². The lowest BCUT2D eigenvalue weighted by Crippen LogP contribution is -2.29. The van der Waals surface area contributed by atoms with Gasteiger partial charge in [-0.1, -0.05) is 0 Å². The van der Waals surface area contributed by atoms with Crippen molar-refractivity contribution in [3.8, 4) is 0 Å². The summed E-state index contributed by atoms with van der Waals surface area (Å²) in [5.74, 6) is 0.